The number of rotatable bonds is 7. The molecule has 0 spiro atoms. The lowest BCUT2D eigenvalue weighted by Crippen LogP contribution is -2.50. The summed E-state index contributed by atoms with van der Waals surface area (Å²) in [7, 11) is -3.19. The minimum absolute atomic E-state index is 0. The Balaban J connectivity index is 0.00000304. The van der Waals surface area contributed by atoms with Crippen molar-refractivity contribution in [3.8, 4) is 0 Å². The molecular weight excluding hydrogens is 482 g/mol. The van der Waals surface area contributed by atoms with Crippen molar-refractivity contribution in [1.82, 2.24) is 14.5 Å². The smallest absolute Gasteiger partial charge is 0.250 e. The molecule has 196 valence electrons. The molecule has 35 heavy (non-hydrogen) atoms. The van der Waals surface area contributed by atoms with Crippen molar-refractivity contribution in [2.24, 2.45) is 17.8 Å². The molecule has 0 aromatic carbocycles. The molecule has 3 heterocycles. The summed E-state index contributed by atoms with van der Waals surface area (Å²) in [6.07, 6.45) is 15.5. The van der Waals surface area contributed by atoms with E-state index in [4.69, 9.17) is 0 Å². The third-order valence-electron chi connectivity index (χ3n) is 8.92. The summed E-state index contributed by atoms with van der Waals surface area (Å²) in [4.78, 5) is 30.3. The number of sulfonamides is 1. The number of carbonyl (C=O) groups is 2. The van der Waals surface area contributed by atoms with Gasteiger partial charge in [0.2, 0.25) is 15.9 Å². The van der Waals surface area contributed by atoms with Crippen LogP contribution in [0.15, 0.2) is 23.1 Å². The van der Waals surface area contributed by atoms with Gasteiger partial charge in [-0.25, -0.2) is 13.1 Å². The number of carbonyl (C=O) groups excluding carboxylic acids is 2. The summed E-state index contributed by atoms with van der Waals surface area (Å²) in [5.74, 6) is 2.00. The third kappa shape index (κ3) is 5.37. The molecule has 0 radical (unpaired) electrons. The zero-order valence-electron chi connectivity index (χ0n) is 20.8. The van der Waals surface area contributed by atoms with Gasteiger partial charge in [0.05, 0.1) is 6.26 Å². The SMILES string of the molecule is CS(=O)(=O)NCC/C=C/C(=O)N1CCC(C23CC2C(C(=O)N2CCCC4CCCCC42)=CS3)CC1.[HH]. The summed E-state index contributed by atoms with van der Waals surface area (Å²) in [5.41, 5.74) is 1.07. The molecular formula is C26H41N3O4S2. The van der Waals surface area contributed by atoms with Crippen LogP contribution < -0.4 is 4.72 Å². The molecule has 4 fully saturated rings. The van der Waals surface area contributed by atoms with Crippen molar-refractivity contribution < 1.29 is 19.4 Å². The van der Waals surface area contributed by atoms with Crippen LogP contribution in [0.2, 0.25) is 0 Å². The number of nitrogens with zero attached hydrogens (tertiary/aromatic N) is 2. The number of thioether (sulfide) groups is 1. The van der Waals surface area contributed by atoms with Crippen LogP contribution in [0.4, 0.5) is 0 Å². The van der Waals surface area contributed by atoms with Gasteiger partial charge < -0.3 is 9.80 Å². The van der Waals surface area contributed by atoms with E-state index in [0.29, 0.717) is 42.7 Å². The van der Waals surface area contributed by atoms with Gasteiger partial charge in [-0.3, -0.25) is 9.59 Å². The van der Waals surface area contributed by atoms with E-state index in [0.717, 1.165) is 57.1 Å². The Kier molecular flexibility index (Phi) is 7.39. The summed E-state index contributed by atoms with van der Waals surface area (Å²) in [6.45, 7) is 2.74. The van der Waals surface area contributed by atoms with Crippen molar-refractivity contribution in [2.75, 3.05) is 32.4 Å². The molecule has 5 aliphatic rings. The van der Waals surface area contributed by atoms with Crippen molar-refractivity contribution in [3.05, 3.63) is 23.1 Å². The maximum absolute atomic E-state index is 13.6. The summed E-state index contributed by atoms with van der Waals surface area (Å²) in [6, 6.07) is 0.467. The largest absolute Gasteiger partial charge is 0.339 e. The van der Waals surface area contributed by atoms with E-state index in [9.17, 15) is 18.0 Å². The van der Waals surface area contributed by atoms with Gasteiger partial charge >= 0.3 is 0 Å². The lowest BCUT2D eigenvalue weighted by Gasteiger charge is -2.44. The average molecular weight is 524 g/mol. The Hall–Kier alpha value is -1.32. The molecule has 0 bridgehead atoms. The zero-order valence-corrected chi connectivity index (χ0v) is 22.4. The second-order valence-electron chi connectivity index (χ2n) is 11.1. The second kappa shape index (κ2) is 10.2. The highest BCUT2D eigenvalue weighted by molar-refractivity contribution is 8.04. The van der Waals surface area contributed by atoms with Crippen molar-refractivity contribution in [1.29, 1.82) is 0 Å². The molecule has 0 aromatic heterocycles. The molecule has 4 atom stereocenters. The van der Waals surface area contributed by atoms with Gasteiger partial charge in [0.25, 0.3) is 5.91 Å². The molecule has 5 rings (SSSR count). The molecule has 2 amide bonds. The van der Waals surface area contributed by atoms with E-state index in [1.165, 1.54) is 32.1 Å². The number of nitrogens with one attached hydrogen (secondary N) is 1. The normalized spacial score (nSPS) is 33.4. The van der Waals surface area contributed by atoms with E-state index in [1.54, 1.807) is 12.2 Å². The first-order valence-corrected chi connectivity index (χ1v) is 16.1. The minimum Gasteiger partial charge on any atom is -0.339 e. The lowest BCUT2D eigenvalue weighted by molar-refractivity contribution is -0.133. The summed E-state index contributed by atoms with van der Waals surface area (Å²) >= 11 is 1.90. The first-order valence-electron chi connectivity index (χ1n) is 13.4. The number of fused-ring (bicyclic) bond motifs is 2. The maximum atomic E-state index is 13.6. The van der Waals surface area contributed by atoms with Crippen LogP contribution in [-0.2, 0) is 19.6 Å². The molecule has 3 aliphatic heterocycles. The van der Waals surface area contributed by atoms with Crippen LogP contribution in [-0.4, -0.2) is 73.3 Å². The highest BCUT2D eigenvalue weighted by Crippen LogP contribution is 2.69. The Labute approximate surface area is 215 Å². The monoisotopic (exact) mass is 523 g/mol. The van der Waals surface area contributed by atoms with E-state index in [2.05, 4.69) is 15.0 Å². The summed E-state index contributed by atoms with van der Waals surface area (Å²) < 4.78 is 24.8. The molecule has 0 aromatic rings. The van der Waals surface area contributed by atoms with Crippen LogP contribution in [0.25, 0.3) is 0 Å². The highest BCUT2D eigenvalue weighted by atomic mass is 32.2. The van der Waals surface area contributed by atoms with Gasteiger partial charge in [-0.2, -0.15) is 0 Å². The van der Waals surface area contributed by atoms with Crippen molar-refractivity contribution in [2.45, 2.75) is 75.0 Å². The van der Waals surface area contributed by atoms with Crippen LogP contribution in [0.5, 0.6) is 0 Å². The van der Waals surface area contributed by atoms with Gasteiger partial charge in [0.15, 0.2) is 0 Å². The van der Waals surface area contributed by atoms with Crippen LogP contribution in [0, 0.1) is 17.8 Å². The van der Waals surface area contributed by atoms with Crippen LogP contribution in [0.3, 0.4) is 0 Å². The first-order chi connectivity index (χ1) is 16.8. The van der Waals surface area contributed by atoms with Gasteiger partial charge in [0, 0.05) is 49.9 Å². The Morgan fingerprint density at radius 1 is 1.14 bits per heavy atom. The number of likely N-dealkylation sites (tertiary alicyclic amines) is 2. The first kappa shape index (κ1) is 25.3. The van der Waals surface area contributed by atoms with Gasteiger partial charge in [-0.05, 0) is 74.7 Å². The number of hydrogen-bond acceptors (Lipinski definition) is 5. The molecule has 9 heteroatoms. The number of amides is 2. The van der Waals surface area contributed by atoms with Crippen molar-refractivity contribution >= 4 is 33.6 Å². The fourth-order valence-corrected chi connectivity index (χ4v) is 9.10. The van der Waals surface area contributed by atoms with E-state index in [1.807, 2.05) is 16.7 Å². The Morgan fingerprint density at radius 3 is 2.63 bits per heavy atom. The van der Waals surface area contributed by atoms with Crippen LogP contribution in [0.1, 0.15) is 65.6 Å². The molecule has 7 nitrogen and oxygen atoms in total. The second-order valence-corrected chi connectivity index (χ2v) is 14.2. The average Bonchev–Trinajstić information content (AvgIpc) is 3.47. The highest BCUT2D eigenvalue weighted by Gasteiger charge is 2.65. The van der Waals surface area contributed by atoms with Crippen LogP contribution >= 0.6 is 11.8 Å². The fraction of sp³-hybridized carbons (Fsp3) is 0.769. The summed E-state index contributed by atoms with van der Waals surface area (Å²) in [5, 5.41) is 2.19. The van der Waals surface area contributed by atoms with E-state index in [-0.39, 0.29) is 12.1 Å². The fourth-order valence-electron chi connectivity index (χ4n) is 7.01. The third-order valence-corrected chi connectivity index (χ3v) is 11.2. The van der Waals surface area contributed by atoms with E-state index < -0.39 is 10.0 Å². The topological polar surface area (TPSA) is 86.8 Å². The molecule has 2 saturated heterocycles. The maximum Gasteiger partial charge on any atom is 0.250 e. The van der Waals surface area contributed by atoms with Crippen molar-refractivity contribution in [3.63, 3.8) is 0 Å². The number of piperidine rings is 2. The molecule has 1 N–H and O–H groups in total. The Bertz CT molecular complexity index is 1010. The standard InChI is InChI=1S/C26H39N3O4S2.H2/c1-35(32,33)27-13-5-4-10-24(30)28-15-11-20(12-16-28)26-17-22(26)21(18-34-26)25(31)29-14-6-8-19-7-2-3-9-23(19)29;/h4,10,18-20,22-23,27H,2-3,5-9,11-17H2,1H3;1H/b10-4+;. The lowest BCUT2D eigenvalue weighted by atomic mass is 9.78. The molecule has 2 aliphatic carbocycles. The quantitative estimate of drug-likeness (QED) is 0.408. The minimum atomic E-state index is -3.19. The van der Waals surface area contributed by atoms with Gasteiger partial charge in [-0.15, -0.1) is 11.8 Å². The van der Waals surface area contributed by atoms with E-state index >= 15 is 0 Å². The van der Waals surface area contributed by atoms with Gasteiger partial charge in [0.1, 0.15) is 0 Å². The molecule has 4 unspecified atom stereocenters. The number of hydrogen-bond donors (Lipinski definition) is 1. The predicted octanol–water partition coefficient (Wildman–Crippen LogP) is 3.54. The predicted molar refractivity (Wildman–Crippen MR) is 141 cm³/mol. The Morgan fingerprint density at radius 2 is 1.89 bits per heavy atom. The zero-order chi connectivity index (χ0) is 24.6. The van der Waals surface area contributed by atoms with Gasteiger partial charge in [-0.1, -0.05) is 18.9 Å². The molecule has 2 saturated carbocycles.